The molecule has 2 amide bonds. The molecule has 1 aliphatic rings. The SMILES string of the molecule is O=C(O)CC(NC(=O)OCC1c2ccccc2-c2ccccc21)C(=O)Nc1ccc(Cl)cn1. The van der Waals surface area contributed by atoms with Crippen LogP contribution in [0.2, 0.25) is 5.02 Å². The summed E-state index contributed by atoms with van der Waals surface area (Å²) in [5.74, 6) is -1.97. The summed E-state index contributed by atoms with van der Waals surface area (Å²) in [6.07, 6.45) is -0.172. The molecule has 4 rings (SSSR count). The third kappa shape index (κ3) is 5.12. The van der Waals surface area contributed by atoms with E-state index in [1.165, 1.54) is 18.3 Å². The molecule has 3 aromatic rings. The molecule has 168 valence electrons. The lowest BCUT2D eigenvalue weighted by molar-refractivity contribution is -0.139. The number of nitrogens with zero attached hydrogens (tertiary/aromatic N) is 1. The van der Waals surface area contributed by atoms with E-state index < -0.39 is 30.4 Å². The van der Waals surface area contributed by atoms with Crippen LogP contribution in [0, 0.1) is 0 Å². The average Bonchev–Trinajstić information content (AvgIpc) is 3.12. The third-order valence-corrected chi connectivity index (χ3v) is 5.53. The second-order valence-corrected chi connectivity index (χ2v) is 7.91. The van der Waals surface area contributed by atoms with Crippen molar-refractivity contribution in [3.05, 3.63) is 83.0 Å². The molecular formula is C24H20ClN3O5. The Morgan fingerprint density at radius 1 is 1.00 bits per heavy atom. The van der Waals surface area contributed by atoms with Gasteiger partial charge in [0.25, 0.3) is 0 Å². The lowest BCUT2D eigenvalue weighted by Gasteiger charge is -2.18. The van der Waals surface area contributed by atoms with E-state index in [2.05, 4.69) is 15.6 Å². The Morgan fingerprint density at radius 2 is 1.64 bits per heavy atom. The zero-order valence-corrected chi connectivity index (χ0v) is 18.1. The van der Waals surface area contributed by atoms with E-state index >= 15 is 0 Å². The number of benzene rings is 2. The molecule has 1 unspecified atom stereocenters. The number of ether oxygens (including phenoxy) is 1. The number of halogens is 1. The van der Waals surface area contributed by atoms with Crippen molar-refractivity contribution in [2.75, 3.05) is 11.9 Å². The van der Waals surface area contributed by atoms with Crippen LogP contribution in [0.5, 0.6) is 0 Å². The minimum absolute atomic E-state index is 0.0417. The zero-order valence-electron chi connectivity index (χ0n) is 17.3. The van der Waals surface area contributed by atoms with Gasteiger partial charge in [-0.05, 0) is 34.4 Å². The van der Waals surface area contributed by atoms with Crippen LogP contribution < -0.4 is 10.6 Å². The molecular weight excluding hydrogens is 446 g/mol. The summed E-state index contributed by atoms with van der Waals surface area (Å²) < 4.78 is 5.41. The Kier molecular flexibility index (Phi) is 6.55. The first-order chi connectivity index (χ1) is 15.9. The summed E-state index contributed by atoms with van der Waals surface area (Å²) in [6, 6.07) is 17.4. The maximum absolute atomic E-state index is 12.5. The fourth-order valence-electron chi connectivity index (χ4n) is 3.83. The maximum Gasteiger partial charge on any atom is 0.407 e. The highest BCUT2D eigenvalue weighted by atomic mass is 35.5. The van der Waals surface area contributed by atoms with Crippen molar-refractivity contribution >= 4 is 35.4 Å². The molecule has 8 nitrogen and oxygen atoms in total. The van der Waals surface area contributed by atoms with E-state index in [0.29, 0.717) is 5.02 Å². The van der Waals surface area contributed by atoms with Gasteiger partial charge in [0.05, 0.1) is 11.4 Å². The van der Waals surface area contributed by atoms with Crippen LogP contribution >= 0.6 is 11.6 Å². The fraction of sp³-hybridized carbons (Fsp3) is 0.167. The zero-order chi connectivity index (χ0) is 23.4. The van der Waals surface area contributed by atoms with Crippen molar-refractivity contribution in [2.45, 2.75) is 18.4 Å². The minimum atomic E-state index is -1.35. The van der Waals surface area contributed by atoms with Gasteiger partial charge >= 0.3 is 12.1 Å². The molecule has 1 atom stereocenters. The number of carboxylic acids is 1. The number of aliphatic carboxylic acids is 1. The van der Waals surface area contributed by atoms with Crippen molar-refractivity contribution in [3.63, 3.8) is 0 Å². The van der Waals surface area contributed by atoms with Crippen LogP contribution in [0.25, 0.3) is 11.1 Å². The molecule has 0 radical (unpaired) electrons. The smallest absolute Gasteiger partial charge is 0.407 e. The Hall–Kier alpha value is -3.91. The van der Waals surface area contributed by atoms with Gasteiger partial charge in [-0.25, -0.2) is 9.78 Å². The fourth-order valence-corrected chi connectivity index (χ4v) is 3.94. The van der Waals surface area contributed by atoms with E-state index in [1.54, 1.807) is 0 Å². The molecule has 1 aromatic heterocycles. The number of amides is 2. The van der Waals surface area contributed by atoms with Crippen molar-refractivity contribution in [2.24, 2.45) is 0 Å². The quantitative estimate of drug-likeness (QED) is 0.484. The van der Waals surface area contributed by atoms with Gasteiger partial charge in [-0.2, -0.15) is 0 Å². The van der Waals surface area contributed by atoms with Crippen LogP contribution in [0.1, 0.15) is 23.5 Å². The number of carbonyl (C=O) groups is 3. The van der Waals surface area contributed by atoms with Crippen LogP contribution in [-0.4, -0.2) is 40.7 Å². The summed E-state index contributed by atoms with van der Waals surface area (Å²) in [7, 11) is 0. The molecule has 0 fully saturated rings. The number of carbonyl (C=O) groups excluding carboxylic acids is 2. The van der Waals surface area contributed by atoms with Gasteiger partial charge in [0.1, 0.15) is 18.5 Å². The topological polar surface area (TPSA) is 118 Å². The van der Waals surface area contributed by atoms with Crippen LogP contribution in [0.15, 0.2) is 66.9 Å². The minimum Gasteiger partial charge on any atom is -0.481 e. The molecule has 3 N–H and O–H groups in total. The number of aromatic nitrogens is 1. The molecule has 0 aliphatic heterocycles. The first-order valence-electron chi connectivity index (χ1n) is 10.2. The van der Waals surface area contributed by atoms with Crippen molar-refractivity contribution < 1.29 is 24.2 Å². The van der Waals surface area contributed by atoms with Gasteiger partial charge in [-0.15, -0.1) is 0 Å². The summed E-state index contributed by atoms with van der Waals surface area (Å²) in [5.41, 5.74) is 4.25. The van der Waals surface area contributed by atoms with Gasteiger partial charge in [0, 0.05) is 12.1 Å². The summed E-state index contributed by atoms with van der Waals surface area (Å²) in [6.45, 7) is 0.0417. The number of alkyl carbamates (subject to hydrolysis) is 1. The van der Waals surface area contributed by atoms with Gasteiger partial charge < -0.3 is 20.5 Å². The number of carboxylic acid groups (broad SMARTS) is 1. The Bertz CT molecular complexity index is 1150. The van der Waals surface area contributed by atoms with E-state index in [1.807, 2.05) is 48.5 Å². The monoisotopic (exact) mass is 465 g/mol. The Morgan fingerprint density at radius 3 is 2.21 bits per heavy atom. The Balaban J connectivity index is 1.42. The van der Waals surface area contributed by atoms with Crippen LogP contribution in [0.4, 0.5) is 10.6 Å². The number of anilines is 1. The lowest BCUT2D eigenvalue weighted by atomic mass is 9.98. The summed E-state index contributed by atoms with van der Waals surface area (Å²) >= 11 is 5.77. The molecule has 2 aromatic carbocycles. The molecule has 0 saturated carbocycles. The van der Waals surface area contributed by atoms with Gasteiger partial charge in [-0.3, -0.25) is 9.59 Å². The van der Waals surface area contributed by atoms with Crippen molar-refractivity contribution in [1.29, 1.82) is 0 Å². The highest BCUT2D eigenvalue weighted by Crippen LogP contribution is 2.44. The molecule has 0 saturated heterocycles. The van der Waals surface area contributed by atoms with E-state index in [0.717, 1.165) is 22.3 Å². The van der Waals surface area contributed by atoms with Crippen molar-refractivity contribution in [1.82, 2.24) is 10.3 Å². The van der Waals surface area contributed by atoms with E-state index in [9.17, 15) is 14.4 Å². The highest BCUT2D eigenvalue weighted by molar-refractivity contribution is 6.30. The maximum atomic E-state index is 12.5. The third-order valence-electron chi connectivity index (χ3n) is 5.31. The largest absolute Gasteiger partial charge is 0.481 e. The standard InChI is InChI=1S/C24H20ClN3O5/c25-14-9-10-21(26-12-14)28-23(31)20(11-22(29)30)27-24(32)33-13-19-17-7-3-1-5-15(17)16-6-2-4-8-18(16)19/h1-10,12,19-20H,11,13H2,(H,27,32)(H,29,30)(H,26,28,31). The number of fused-ring (bicyclic) bond motifs is 3. The van der Waals surface area contributed by atoms with Gasteiger partial charge in [-0.1, -0.05) is 60.1 Å². The summed E-state index contributed by atoms with van der Waals surface area (Å²) in [5, 5.41) is 14.3. The molecule has 9 heteroatoms. The predicted molar refractivity (Wildman–Crippen MR) is 122 cm³/mol. The lowest BCUT2D eigenvalue weighted by Crippen LogP contribution is -2.45. The van der Waals surface area contributed by atoms with E-state index in [4.69, 9.17) is 21.4 Å². The van der Waals surface area contributed by atoms with Crippen molar-refractivity contribution in [3.8, 4) is 11.1 Å². The molecule has 0 spiro atoms. The van der Waals surface area contributed by atoms with E-state index in [-0.39, 0.29) is 18.3 Å². The second kappa shape index (κ2) is 9.70. The first kappa shape index (κ1) is 22.3. The molecule has 0 bridgehead atoms. The Labute approximate surface area is 194 Å². The number of pyridine rings is 1. The molecule has 1 heterocycles. The van der Waals surface area contributed by atoms with Crippen LogP contribution in [0.3, 0.4) is 0 Å². The molecule has 33 heavy (non-hydrogen) atoms. The summed E-state index contributed by atoms with van der Waals surface area (Å²) in [4.78, 5) is 40.2. The normalized spacial score (nSPS) is 12.9. The average molecular weight is 466 g/mol. The first-order valence-corrected chi connectivity index (χ1v) is 10.6. The van der Waals surface area contributed by atoms with Crippen LogP contribution in [-0.2, 0) is 14.3 Å². The highest BCUT2D eigenvalue weighted by Gasteiger charge is 2.30. The predicted octanol–water partition coefficient (Wildman–Crippen LogP) is 4.06. The number of hydrogen-bond acceptors (Lipinski definition) is 5. The number of rotatable bonds is 7. The van der Waals surface area contributed by atoms with Gasteiger partial charge in [0.15, 0.2) is 0 Å². The number of nitrogens with one attached hydrogen (secondary N) is 2. The van der Waals surface area contributed by atoms with Gasteiger partial charge in [0.2, 0.25) is 5.91 Å². The second-order valence-electron chi connectivity index (χ2n) is 7.47. The molecule has 1 aliphatic carbocycles. The number of hydrogen-bond donors (Lipinski definition) is 3.